The number of urea groups is 1. The topological polar surface area (TPSA) is 64.6 Å². The van der Waals surface area contributed by atoms with Crippen LogP contribution in [-0.2, 0) is 6.54 Å². The molecule has 0 saturated heterocycles. The van der Waals surface area contributed by atoms with Crippen LogP contribution < -0.4 is 15.5 Å². The second-order valence-corrected chi connectivity index (χ2v) is 6.46. The number of nitrogens with zero attached hydrogens (tertiary/aromatic N) is 1. The zero-order valence-electron chi connectivity index (χ0n) is 13.3. The molecule has 2 heterocycles. The van der Waals surface area contributed by atoms with Crippen molar-refractivity contribution in [3.63, 3.8) is 0 Å². The molecule has 1 aromatic carbocycles. The first-order valence-corrected chi connectivity index (χ1v) is 8.87. The normalized spacial score (nSPS) is 14.6. The molecule has 0 aliphatic carbocycles. The van der Waals surface area contributed by atoms with Crippen LogP contribution in [-0.4, -0.2) is 30.8 Å². The van der Waals surface area contributed by atoms with E-state index >= 15 is 0 Å². The Kier molecular flexibility index (Phi) is 5.51. The van der Waals surface area contributed by atoms with Gasteiger partial charge in [0.2, 0.25) is 0 Å². The Morgan fingerprint density at radius 1 is 1.17 bits per heavy atom. The number of benzene rings is 1. The lowest BCUT2D eigenvalue weighted by molar-refractivity contribution is 0.173. The molecule has 1 unspecified atom stereocenters. The minimum absolute atomic E-state index is 0.198. The number of thiophene rings is 1. The summed E-state index contributed by atoms with van der Waals surface area (Å²) < 4.78 is 0. The van der Waals surface area contributed by atoms with Gasteiger partial charge < -0.3 is 20.6 Å². The van der Waals surface area contributed by atoms with E-state index in [9.17, 15) is 9.90 Å². The molecule has 1 aliphatic rings. The second kappa shape index (κ2) is 7.99. The smallest absolute Gasteiger partial charge is 0.315 e. The Morgan fingerprint density at radius 2 is 1.92 bits per heavy atom. The Labute approximate surface area is 145 Å². The minimum Gasteiger partial charge on any atom is -0.387 e. The van der Waals surface area contributed by atoms with E-state index in [2.05, 4.69) is 39.8 Å². The molecule has 3 rings (SSSR count). The Bertz CT molecular complexity index is 675. The van der Waals surface area contributed by atoms with E-state index in [-0.39, 0.29) is 12.6 Å². The van der Waals surface area contributed by atoms with Gasteiger partial charge in [0, 0.05) is 31.9 Å². The average Bonchev–Trinajstić information content (AvgIpc) is 3.31. The van der Waals surface area contributed by atoms with Crippen molar-refractivity contribution in [2.75, 3.05) is 24.5 Å². The van der Waals surface area contributed by atoms with E-state index in [4.69, 9.17) is 0 Å². The van der Waals surface area contributed by atoms with Crippen LogP contribution in [0, 0.1) is 0 Å². The summed E-state index contributed by atoms with van der Waals surface area (Å²) in [7, 11) is 0. The summed E-state index contributed by atoms with van der Waals surface area (Å²) in [5.74, 6) is 0. The van der Waals surface area contributed by atoms with Gasteiger partial charge in [-0.2, -0.15) is 11.3 Å². The maximum atomic E-state index is 11.8. The van der Waals surface area contributed by atoms with Gasteiger partial charge in [-0.25, -0.2) is 4.79 Å². The monoisotopic (exact) mass is 343 g/mol. The quantitative estimate of drug-likeness (QED) is 0.707. The maximum absolute atomic E-state index is 11.8. The maximum Gasteiger partial charge on any atom is 0.315 e. The number of amides is 2. The van der Waals surface area contributed by atoms with E-state index in [1.165, 1.54) is 17.0 Å². The molecule has 0 saturated carbocycles. The van der Waals surface area contributed by atoms with Gasteiger partial charge in [0.1, 0.15) is 0 Å². The van der Waals surface area contributed by atoms with Crippen molar-refractivity contribution >= 4 is 23.1 Å². The lowest BCUT2D eigenvalue weighted by Crippen LogP contribution is -2.37. The number of hydrogen-bond donors (Lipinski definition) is 3. The van der Waals surface area contributed by atoms with E-state index < -0.39 is 6.10 Å². The fourth-order valence-corrected chi connectivity index (χ4v) is 3.24. The lowest BCUT2D eigenvalue weighted by Gasteiger charge is -2.18. The molecule has 0 spiro atoms. The van der Waals surface area contributed by atoms with Gasteiger partial charge in [-0.1, -0.05) is 24.3 Å². The van der Waals surface area contributed by atoms with E-state index in [1.807, 2.05) is 29.0 Å². The minimum atomic E-state index is -0.671. The molecule has 2 aromatic rings. The van der Waals surface area contributed by atoms with Crippen molar-refractivity contribution in [1.29, 1.82) is 0 Å². The van der Waals surface area contributed by atoms with E-state index in [1.54, 1.807) is 0 Å². The molecule has 3 N–H and O–H groups in total. The highest BCUT2D eigenvalue weighted by Crippen LogP contribution is 2.17. The van der Waals surface area contributed by atoms with Gasteiger partial charge >= 0.3 is 6.03 Å². The summed E-state index contributed by atoms with van der Waals surface area (Å²) in [6.07, 6.45) is 3.64. The molecule has 5 nitrogen and oxygen atoms in total. The van der Waals surface area contributed by atoms with Crippen LogP contribution in [0.1, 0.15) is 17.2 Å². The summed E-state index contributed by atoms with van der Waals surface area (Å²) in [5.41, 5.74) is 3.05. The van der Waals surface area contributed by atoms with E-state index in [0.29, 0.717) is 6.54 Å². The van der Waals surface area contributed by atoms with Crippen molar-refractivity contribution in [3.05, 3.63) is 64.4 Å². The first-order valence-electron chi connectivity index (χ1n) is 7.93. The summed E-state index contributed by atoms with van der Waals surface area (Å²) in [4.78, 5) is 14.1. The molecule has 6 heteroatoms. The highest BCUT2D eigenvalue weighted by Gasteiger charge is 2.10. The summed E-state index contributed by atoms with van der Waals surface area (Å²) in [5, 5.41) is 19.2. The largest absolute Gasteiger partial charge is 0.387 e. The van der Waals surface area contributed by atoms with Gasteiger partial charge in [0.25, 0.3) is 0 Å². The lowest BCUT2D eigenvalue weighted by atomic mass is 10.2. The third-order valence-corrected chi connectivity index (χ3v) is 4.66. The zero-order valence-corrected chi connectivity index (χ0v) is 14.1. The fraction of sp³-hybridized carbons (Fsp3) is 0.278. The number of carbonyl (C=O) groups excluding carboxylic acids is 1. The standard InChI is InChI=1S/C18H21N3O2S/c22-17(15-7-10-24-13-15)12-20-18(23)19-11-14-3-5-16(6-4-14)21-8-1-2-9-21/h1-7,10,13,17,22H,8-9,11-12H2,(H2,19,20,23). The molecule has 1 aliphatic heterocycles. The van der Waals surface area contributed by atoms with Gasteiger partial charge in [0.15, 0.2) is 0 Å². The zero-order chi connectivity index (χ0) is 16.8. The van der Waals surface area contributed by atoms with Gasteiger partial charge in [-0.05, 0) is 40.1 Å². The number of anilines is 1. The summed E-state index contributed by atoms with van der Waals surface area (Å²) in [6.45, 7) is 2.56. The van der Waals surface area contributed by atoms with Crippen LogP contribution in [0.15, 0.2) is 53.2 Å². The fourth-order valence-electron chi connectivity index (χ4n) is 2.53. The number of aliphatic hydroxyl groups is 1. The van der Waals surface area contributed by atoms with E-state index in [0.717, 1.165) is 24.2 Å². The molecule has 126 valence electrons. The number of carbonyl (C=O) groups is 1. The van der Waals surface area contributed by atoms with Crippen LogP contribution in [0.3, 0.4) is 0 Å². The molecule has 1 atom stereocenters. The third-order valence-electron chi connectivity index (χ3n) is 3.96. The number of rotatable bonds is 6. The molecule has 24 heavy (non-hydrogen) atoms. The Morgan fingerprint density at radius 3 is 2.58 bits per heavy atom. The van der Waals surface area contributed by atoms with Crippen molar-refractivity contribution in [1.82, 2.24) is 10.6 Å². The molecular weight excluding hydrogens is 322 g/mol. The van der Waals surface area contributed by atoms with Crippen molar-refractivity contribution in [2.24, 2.45) is 0 Å². The SMILES string of the molecule is O=C(NCc1ccc(N2CC=CC2)cc1)NCC(O)c1ccsc1. The molecular formula is C18H21N3O2S. The molecule has 0 fully saturated rings. The van der Waals surface area contributed by atoms with Gasteiger partial charge in [-0.3, -0.25) is 0 Å². The second-order valence-electron chi connectivity index (χ2n) is 5.68. The first-order chi connectivity index (χ1) is 11.7. The first kappa shape index (κ1) is 16.5. The molecule has 0 radical (unpaired) electrons. The number of nitrogens with one attached hydrogen (secondary N) is 2. The Balaban J connectivity index is 1.41. The van der Waals surface area contributed by atoms with Crippen molar-refractivity contribution in [2.45, 2.75) is 12.6 Å². The highest BCUT2D eigenvalue weighted by atomic mass is 32.1. The van der Waals surface area contributed by atoms with Crippen LogP contribution in [0.4, 0.5) is 10.5 Å². The van der Waals surface area contributed by atoms with Crippen molar-refractivity contribution in [3.8, 4) is 0 Å². The van der Waals surface area contributed by atoms with Crippen molar-refractivity contribution < 1.29 is 9.90 Å². The van der Waals surface area contributed by atoms with Crippen LogP contribution >= 0.6 is 11.3 Å². The van der Waals surface area contributed by atoms with Crippen LogP contribution in [0.2, 0.25) is 0 Å². The summed E-state index contributed by atoms with van der Waals surface area (Å²) in [6, 6.07) is 9.76. The summed E-state index contributed by atoms with van der Waals surface area (Å²) >= 11 is 1.52. The van der Waals surface area contributed by atoms with Gasteiger partial charge in [-0.15, -0.1) is 0 Å². The molecule has 1 aromatic heterocycles. The molecule has 2 amide bonds. The van der Waals surface area contributed by atoms with Gasteiger partial charge in [0.05, 0.1) is 6.10 Å². The highest BCUT2D eigenvalue weighted by molar-refractivity contribution is 7.07. The number of hydrogen-bond acceptors (Lipinski definition) is 4. The predicted octanol–water partition coefficient (Wildman–Crippen LogP) is 2.66. The third kappa shape index (κ3) is 4.37. The predicted molar refractivity (Wildman–Crippen MR) is 97.3 cm³/mol. The van der Waals surface area contributed by atoms with Crippen LogP contribution in [0.25, 0.3) is 0 Å². The number of aliphatic hydroxyl groups excluding tert-OH is 1. The molecule has 0 bridgehead atoms. The average molecular weight is 343 g/mol. The van der Waals surface area contributed by atoms with Crippen LogP contribution in [0.5, 0.6) is 0 Å². The Hall–Kier alpha value is -2.31.